The Morgan fingerprint density at radius 1 is 1.40 bits per heavy atom. The first-order valence-electron chi connectivity index (χ1n) is 4.21. The van der Waals surface area contributed by atoms with Crippen LogP contribution >= 0.6 is 11.6 Å². The van der Waals surface area contributed by atoms with E-state index in [0.29, 0.717) is 5.75 Å². The van der Waals surface area contributed by atoms with Crippen molar-refractivity contribution in [3.8, 4) is 5.75 Å². The van der Waals surface area contributed by atoms with E-state index in [2.05, 4.69) is 0 Å². The van der Waals surface area contributed by atoms with Crippen molar-refractivity contribution in [1.82, 2.24) is 0 Å². The summed E-state index contributed by atoms with van der Waals surface area (Å²) in [6.45, 7) is 3.60. The van der Waals surface area contributed by atoms with Crippen molar-refractivity contribution in [3.05, 3.63) is 23.2 Å². The van der Waals surface area contributed by atoms with Crippen molar-refractivity contribution in [1.29, 1.82) is 0 Å². The van der Waals surface area contributed by atoms with Crippen molar-refractivity contribution in [2.75, 3.05) is 0 Å². The zero-order valence-corrected chi connectivity index (χ0v) is 9.77. The SMILES string of the molecule is CC(C)Oc1ccc(S(=O)(=O)F)cc1Cl. The molecule has 0 spiro atoms. The minimum atomic E-state index is -4.71. The topological polar surface area (TPSA) is 43.4 Å². The lowest BCUT2D eigenvalue weighted by atomic mass is 10.3. The monoisotopic (exact) mass is 252 g/mol. The molecule has 0 saturated carbocycles. The molecule has 15 heavy (non-hydrogen) atoms. The normalized spacial score (nSPS) is 11.8. The maximum atomic E-state index is 12.6. The Balaban J connectivity index is 3.09. The summed E-state index contributed by atoms with van der Waals surface area (Å²) in [5.41, 5.74) is 0. The smallest absolute Gasteiger partial charge is 0.332 e. The molecule has 0 bridgehead atoms. The molecule has 0 radical (unpaired) electrons. The van der Waals surface area contributed by atoms with Crippen LogP contribution in [-0.2, 0) is 10.2 Å². The average molecular weight is 253 g/mol. The average Bonchev–Trinajstić information content (AvgIpc) is 2.05. The van der Waals surface area contributed by atoms with Crippen LogP contribution in [-0.4, -0.2) is 14.5 Å². The molecule has 0 aliphatic rings. The predicted octanol–water partition coefficient (Wildman–Crippen LogP) is 2.79. The van der Waals surface area contributed by atoms with Gasteiger partial charge in [-0.25, -0.2) is 0 Å². The van der Waals surface area contributed by atoms with Crippen molar-refractivity contribution >= 4 is 21.8 Å². The maximum absolute atomic E-state index is 12.6. The van der Waals surface area contributed by atoms with Crippen LogP contribution in [0.25, 0.3) is 0 Å². The third-order valence-electron chi connectivity index (χ3n) is 1.55. The molecule has 0 aliphatic carbocycles. The van der Waals surface area contributed by atoms with Crippen LogP contribution in [0.1, 0.15) is 13.8 Å². The second-order valence-electron chi connectivity index (χ2n) is 3.20. The molecule has 0 heterocycles. The molecule has 6 heteroatoms. The van der Waals surface area contributed by atoms with Gasteiger partial charge in [-0.15, -0.1) is 3.89 Å². The van der Waals surface area contributed by atoms with Crippen molar-refractivity contribution in [3.63, 3.8) is 0 Å². The quantitative estimate of drug-likeness (QED) is 0.777. The first kappa shape index (κ1) is 12.3. The fourth-order valence-electron chi connectivity index (χ4n) is 0.983. The Labute approximate surface area is 93.0 Å². The molecular weight excluding hydrogens is 243 g/mol. The summed E-state index contributed by atoms with van der Waals surface area (Å²) < 4.78 is 38.9. The van der Waals surface area contributed by atoms with E-state index in [0.717, 1.165) is 12.1 Å². The molecule has 0 N–H and O–H groups in total. The zero-order valence-electron chi connectivity index (χ0n) is 8.20. The molecule has 1 rings (SSSR count). The van der Waals surface area contributed by atoms with Crippen LogP contribution in [0, 0.1) is 0 Å². The van der Waals surface area contributed by atoms with Gasteiger partial charge in [-0.05, 0) is 32.0 Å². The number of halogens is 2. The van der Waals surface area contributed by atoms with Crippen LogP contribution in [0.15, 0.2) is 23.1 Å². The zero-order chi connectivity index (χ0) is 11.6. The van der Waals surface area contributed by atoms with E-state index in [1.807, 2.05) is 0 Å². The van der Waals surface area contributed by atoms with Gasteiger partial charge < -0.3 is 4.74 Å². The fraction of sp³-hybridized carbons (Fsp3) is 0.333. The van der Waals surface area contributed by atoms with Gasteiger partial charge in [0.2, 0.25) is 0 Å². The molecule has 84 valence electrons. The molecule has 1 aromatic carbocycles. The highest BCUT2D eigenvalue weighted by Gasteiger charge is 2.14. The van der Waals surface area contributed by atoms with Gasteiger partial charge in [0.1, 0.15) is 10.6 Å². The van der Waals surface area contributed by atoms with Crippen LogP contribution in [0.3, 0.4) is 0 Å². The Morgan fingerprint density at radius 2 is 2.00 bits per heavy atom. The number of hydrogen-bond donors (Lipinski definition) is 0. The number of hydrogen-bond acceptors (Lipinski definition) is 3. The number of rotatable bonds is 3. The third-order valence-corrected chi connectivity index (χ3v) is 2.66. The van der Waals surface area contributed by atoms with E-state index in [1.165, 1.54) is 6.07 Å². The lowest BCUT2D eigenvalue weighted by Gasteiger charge is -2.11. The molecule has 0 aliphatic heterocycles. The minimum absolute atomic E-state index is 0.0717. The van der Waals surface area contributed by atoms with Gasteiger partial charge in [-0.1, -0.05) is 11.6 Å². The molecule has 0 unspecified atom stereocenters. The first-order chi connectivity index (χ1) is 6.80. The van der Waals surface area contributed by atoms with Gasteiger partial charge in [0.15, 0.2) is 0 Å². The van der Waals surface area contributed by atoms with Crippen LogP contribution in [0.5, 0.6) is 5.75 Å². The van der Waals surface area contributed by atoms with Crippen LogP contribution in [0.4, 0.5) is 3.89 Å². The third kappa shape index (κ3) is 3.35. The van der Waals surface area contributed by atoms with Crippen LogP contribution in [0.2, 0.25) is 5.02 Å². The Kier molecular flexibility index (Phi) is 3.57. The summed E-state index contributed by atoms with van der Waals surface area (Å²) >= 11 is 5.72. The molecule has 0 atom stereocenters. The van der Waals surface area contributed by atoms with Gasteiger partial charge in [0.05, 0.1) is 11.1 Å². The van der Waals surface area contributed by atoms with Gasteiger partial charge >= 0.3 is 10.2 Å². The van der Waals surface area contributed by atoms with Gasteiger partial charge in [-0.3, -0.25) is 0 Å². The van der Waals surface area contributed by atoms with Crippen molar-refractivity contribution in [2.45, 2.75) is 24.8 Å². The molecule has 3 nitrogen and oxygen atoms in total. The summed E-state index contributed by atoms with van der Waals surface area (Å²) in [5.74, 6) is 0.332. The Morgan fingerprint density at radius 3 is 2.40 bits per heavy atom. The van der Waals surface area contributed by atoms with Gasteiger partial charge in [0, 0.05) is 0 Å². The summed E-state index contributed by atoms with van der Waals surface area (Å²) in [6.07, 6.45) is -0.0877. The van der Waals surface area contributed by atoms with E-state index in [4.69, 9.17) is 16.3 Å². The summed E-state index contributed by atoms with van der Waals surface area (Å²) in [6, 6.07) is 3.46. The summed E-state index contributed by atoms with van der Waals surface area (Å²) in [5, 5.41) is 0.0717. The van der Waals surface area contributed by atoms with E-state index in [9.17, 15) is 12.3 Å². The highest BCUT2D eigenvalue weighted by atomic mass is 35.5. The maximum Gasteiger partial charge on any atom is 0.332 e. The van der Waals surface area contributed by atoms with Crippen molar-refractivity contribution < 1.29 is 17.0 Å². The van der Waals surface area contributed by atoms with Crippen molar-refractivity contribution in [2.24, 2.45) is 0 Å². The standard InChI is InChI=1S/C9H10ClFO3S/c1-6(2)14-9-4-3-7(5-8(9)10)15(11,12)13/h3-6H,1-2H3. The molecule has 1 aromatic rings. The highest BCUT2D eigenvalue weighted by Crippen LogP contribution is 2.28. The van der Waals surface area contributed by atoms with E-state index >= 15 is 0 Å². The van der Waals surface area contributed by atoms with Gasteiger partial charge in [0.25, 0.3) is 0 Å². The minimum Gasteiger partial charge on any atom is -0.489 e. The lowest BCUT2D eigenvalue weighted by molar-refractivity contribution is 0.242. The molecule has 0 saturated heterocycles. The molecular formula is C9H10ClFO3S. The van der Waals surface area contributed by atoms with Gasteiger partial charge in [-0.2, -0.15) is 8.42 Å². The number of ether oxygens (including phenoxy) is 1. The van der Waals surface area contributed by atoms with Crippen LogP contribution < -0.4 is 4.74 Å². The summed E-state index contributed by atoms with van der Waals surface area (Å²) in [7, 11) is -4.71. The molecule has 0 aromatic heterocycles. The van der Waals surface area contributed by atoms with E-state index < -0.39 is 15.1 Å². The van der Waals surface area contributed by atoms with E-state index in [-0.39, 0.29) is 11.1 Å². The second-order valence-corrected chi connectivity index (χ2v) is 4.95. The largest absolute Gasteiger partial charge is 0.489 e. The fourth-order valence-corrected chi connectivity index (χ4v) is 1.76. The molecule has 0 fully saturated rings. The van der Waals surface area contributed by atoms with E-state index in [1.54, 1.807) is 13.8 Å². The highest BCUT2D eigenvalue weighted by molar-refractivity contribution is 7.86. The Hall–Kier alpha value is -0.810. The summed E-state index contributed by atoms with van der Waals surface area (Å²) in [4.78, 5) is -0.469. The lowest BCUT2D eigenvalue weighted by Crippen LogP contribution is -2.06. The number of benzene rings is 1. The first-order valence-corrected chi connectivity index (χ1v) is 5.97. The molecule has 0 amide bonds. The predicted molar refractivity (Wildman–Crippen MR) is 55.5 cm³/mol. The Bertz CT molecular complexity index is 456. The second kappa shape index (κ2) is 4.37.